The van der Waals surface area contributed by atoms with Crippen molar-refractivity contribution in [1.82, 2.24) is 5.32 Å². The van der Waals surface area contributed by atoms with Gasteiger partial charge >= 0.3 is 6.03 Å². The first-order valence-electron chi connectivity index (χ1n) is 8.85. The van der Waals surface area contributed by atoms with E-state index in [0.29, 0.717) is 23.7 Å². The molecule has 1 saturated heterocycles. The van der Waals surface area contributed by atoms with Gasteiger partial charge in [0.15, 0.2) is 5.92 Å². The van der Waals surface area contributed by atoms with Crippen molar-refractivity contribution in [2.45, 2.75) is 13.8 Å². The van der Waals surface area contributed by atoms with Gasteiger partial charge in [-0.25, -0.2) is 9.69 Å². The van der Waals surface area contributed by atoms with Crippen LogP contribution in [0.3, 0.4) is 0 Å². The van der Waals surface area contributed by atoms with Crippen molar-refractivity contribution in [3.63, 3.8) is 0 Å². The van der Waals surface area contributed by atoms with Crippen LogP contribution >= 0.6 is 0 Å². The standard InChI is InChI=1S/C21H21N3O4/c1-4-28-16-11-9-15(10-12-16)22-14(3)18-19(25)23-21(27)24(20(18)26)17-8-6-5-7-13(17)2/h5-12,18,22H,3-4H2,1-2H3,(H,23,25,27)/t18-/m1/s1. The van der Waals surface area contributed by atoms with E-state index in [4.69, 9.17) is 4.74 Å². The number of anilines is 2. The Labute approximate surface area is 163 Å². The van der Waals surface area contributed by atoms with Crippen molar-refractivity contribution in [2.24, 2.45) is 5.92 Å². The molecule has 1 fully saturated rings. The molecule has 7 nitrogen and oxygen atoms in total. The molecule has 0 unspecified atom stereocenters. The highest BCUT2D eigenvalue weighted by molar-refractivity contribution is 6.29. The van der Waals surface area contributed by atoms with Crippen LogP contribution in [0.1, 0.15) is 12.5 Å². The van der Waals surface area contributed by atoms with Crippen LogP contribution in [0.15, 0.2) is 60.8 Å². The molecule has 0 saturated carbocycles. The van der Waals surface area contributed by atoms with E-state index in [0.717, 1.165) is 10.5 Å². The van der Waals surface area contributed by atoms with Gasteiger partial charge in [0.25, 0.3) is 5.91 Å². The molecule has 0 aromatic heterocycles. The van der Waals surface area contributed by atoms with Crippen LogP contribution in [0, 0.1) is 12.8 Å². The first-order chi connectivity index (χ1) is 13.4. The van der Waals surface area contributed by atoms with E-state index < -0.39 is 23.8 Å². The number of barbiturate groups is 1. The van der Waals surface area contributed by atoms with Gasteiger partial charge in [-0.3, -0.25) is 14.9 Å². The lowest BCUT2D eigenvalue weighted by atomic mass is 10.00. The third-order valence-electron chi connectivity index (χ3n) is 4.34. The summed E-state index contributed by atoms with van der Waals surface area (Å²) < 4.78 is 5.39. The second-order valence-electron chi connectivity index (χ2n) is 6.30. The number of imide groups is 2. The van der Waals surface area contributed by atoms with Gasteiger partial charge in [-0.05, 0) is 49.7 Å². The number of carbonyl (C=O) groups is 3. The molecular formula is C21H21N3O4. The molecule has 1 heterocycles. The van der Waals surface area contributed by atoms with Crippen LogP contribution < -0.4 is 20.3 Å². The summed E-state index contributed by atoms with van der Waals surface area (Å²) in [5.41, 5.74) is 1.99. The monoisotopic (exact) mass is 379 g/mol. The zero-order valence-electron chi connectivity index (χ0n) is 15.7. The topological polar surface area (TPSA) is 87.7 Å². The maximum atomic E-state index is 13.0. The van der Waals surface area contributed by atoms with Crippen LogP contribution in [-0.4, -0.2) is 24.5 Å². The highest BCUT2D eigenvalue weighted by Crippen LogP contribution is 2.27. The lowest BCUT2D eigenvalue weighted by Crippen LogP contribution is -2.59. The minimum absolute atomic E-state index is 0.178. The summed E-state index contributed by atoms with van der Waals surface area (Å²) in [4.78, 5) is 38.6. The van der Waals surface area contributed by atoms with Crippen molar-refractivity contribution in [2.75, 3.05) is 16.8 Å². The second kappa shape index (κ2) is 7.96. The third-order valence-corrected chi connectivity index (χ3v) is 4.34. The Hall–Kier alpha value is -3.61. The Kier molecular flexibility index (Phi) is 5.44. The first-order valence-corrected chi connectivity index (χ1v) is 8.85. The van der Waals surface area contributed by atoms with Gasteiger partial charge in [0.2, 0.25) is 5.91 Å². The molecular weight excluding hydrogens is 358 g/mol. The van der Waals surface area contributed by atoms with Crippen LogP contribution in [0.2, 0.25) is 0 Å². The zero-order chi connectivity index (χ0) is 20.3. The number of benzene rings is 2. The predicted octanol–water partition coefficient (Wildman–Crippen LogP) is 3.22. The molecule has 7 heteroatoms. The Morgan fingerprint density at radius 3 is 2.46 bits per heavy atom. The van der Waals surface area contributed by atoms with Gasteiger partial charge in [0.1, 0.15) is 5.75 Å². The minimum atomic E-state index is -1.23. The lowest BCUT2D eigenvalue weighted by molar-refractivity contribution is -0.132. The Balaban J connectivity index is 1.82. The van der Waals surface area contributed by atoms with Crippen molar-refractivity contribution >= 4 is 29.2 Å². The number of hydrogen-bond acceptors (Lipinski definition) is 5. The number of carbonyl (C=O) groups excluding carboxylic acids is 3. The number of nitrogens with zero attached hydrogens (tertiary/aromatic N) is 1. The number of para-hydroxylation sites is 1. The van der Waals surface area contributed by atoms with E-state index in [-0.39, 0.29) is 5.70 Å². The highest BCUT2D eigenvalue weighted by atomic mass is 16.5. The molecule has 0 radical (unpaired) electrons. The van der Waals surface area contributed by atoms with E-state index in [2.05, 4.69) is 17.2 Å². The lowest BCUT2D eigenvalue weighted by Gasteiger charge is -2.32. The average molecular weight is 379 g/mol. The minimum Gasteiger partial charge on any atom is -0.494 e. The normalized spacial score (nSPS) is 16.6. The third kappa shape index (κ3) is 3.73. The zero-order valence-corrected chi connectivity index (χ0v) is 15.7. The van der Waals surface area contributed by atoms with Crippen molar-refractivity contribution in [1.29, 1.82) is 0 Å². The fourth-order valence-electron chi connectivity index (χ4n) is 2.98. The molecule has 0 bridgehead atoms. The predicted molar refractivity (Wildman–Crippen MR) is 106 cm³/mol. The van der Waals surface area contributed by atoms with Gasteiger partial charge in [-0.2, -0.15) is 0 Å². The van der Waals surface area contributed by atoms with Gasteiger partial charge in [-0.15, -0.1) is 0 Å². The first kappa shape index (κ1) is 19.2. The summed E-state index contributed by atoms with van der Waals surface area (Å²) in [6.07, 6.45) is 0. The summed E-state index contributed by atoms with van der Waals surface area (Å²) in [6.45, 7) is 8.08. The van der Waals surface area contributed by atoms with E-state index in [9.17, 15) is 14.4 Å². The maximum absolute atomic E-state index is 13.0. The molecule has 4 amide bonds. The van der Waals surface area contributed by atoms with Gasteiger partial charge in [-0.1, -0.05) is 24.8 Å². The Bertz CT molecular complexity index is 937. The molecule has 1 aliphatic rings. The number of hydrogen-bond donors (Lipinski definition) is 2. The summed E-state index contributed by atoms with van der Waals surface area (Å²) in [7, 11) is 0. The number of aryl methyl sites for hydroxylation is 1. The molecule has 2 aromatic rings. The number of rotatable bonds is 6. The van der Waals surface area contributed by atoms with Gasteiger partial charge in [0, 0.05) is 11.4 Å². The molecule has 144 valence electrons. The summed E-state index contributed by atoms with van der Waals surface area (Å²) in [6, 6.07) is 13.3. The van der Waals surface area contributed by atoms with Crippen molar-refractivity contribution in [3.8, 4) is 5.75 Å². The van der Waals surface area contributed by atoms with E-state index >= 15 is 0 Å². The molecule has 1 atom stereocenters. The highest BCUT2D eigenvalue weighted by Gasteiger charge is 2.43. The summed E-state index contributed by atoms with van der Waals surface area (Å²) in [5, 5.41) is 5.21. The number of urea groups is 1. The van der Waals surface area contributed by atoms with Crippen LogP contribution in [0.5, 0.6) is 5.75 Å². The smallest absolute Gasteiger partial charge is 0.335 e. The van der Waals surface area contributed by atoms with E-state index in [1.165, 1.54) is 0 Å². The number of amides is 4. The number of ether oxygens (including phenoxy) is 1. The molecule has 0 spiro atoms. The molecule has 0 aliphatic carbocycles. The summed E-state index contributed by atoms with van der Waals surface area (Å²) >= 11 is 0. The Morgan fingerprint density at radius 2 is 1.82 bits per heavy atom. The van der Waals surface area contributed by atoms with E-state index in [1.807, 2.05) is 6.92 Å². The van der Waals surface area contributed by atoms with Crippen molar-refractivity contribution < 1.29 is 19.1 Å². The Morgan fingerprint density at radius 1 is 1.14 bits per heavy atom. The fraction of sp³-hybridized carbons (Fsp3) is 0.190. The van der Waals surface area contributed by atoms with Crippen LogP contribution in [0.25, 0.3) is 0 Å². The van der Waals surface area contributed by atoms with Gasteiger partial charge < -0.3 is 10.1 Å². The molecule has 1 aliphatic heterocycles. The van der Waals surface area contributed by atoms with Crippen LogP contribution in [-0.2, 0) is 9.59 Å². The molecule has 2 aromatic carbocycles. The fourth-order valence-corrected chi connectivity index (χ4v) is 2.98. The second-order valence-corrected chi connectivity index (χ2v) is 6.30. The average Bonchev–Trinajstić information content (AvgIpc) is 2.64. The quantitative estimate of drug-likeness (QED) is 0.753. The number of nitrogens with one attached hydrogen (secondary N) is 2. The van der Waals surface area contributed by atoms with Gasteiger partial charge in [0.05, 0.1) is 12.3 Å². The SMILES string of the molecule is C=C(Nc1ccc(OCC)cc1)[C@@H]1C(=O)NC(=O)N(c2ccccc2C)C1=O. The molecule has 2 N–H and O–H groups in total. The largest absolute Gasteiger partial charge is 0.494 e. The maximum Gasteiger partial charge on any atom is 0.335 e. The molecule has 3 rings (SSSR count). The summed E-state index contributed by atoms with van der Waals surface area (Å²) in [5.74, 6) is -1.87. The van der Waals surface area contributed by atoms with Crippen LogP contribution in [0.4, 0.5) is 16.2 Å². The molecule has 28 heavy (non-hydrogen) atoms. The van der Waals surface area contributed by atoms with E-state index in [1.54, 1.807) is 55.5 Å². The van der Waals surface area contributed by atoms with Crippen molar-refractivity contribution in [3.05, 3.63) is 66.4 Å².